The smallest absolute Gasteiger partial charge is 0.365 e. The van der Waals surface area contributed by atoms with Crippen LogP contribution in [0.15, 0.2) is 30.6 Å². The molecule has 2 aliphatic carbocycles. The van der Waals surface area contributed by atoms with Gasteiger partial charge in [-0.3, -0.25) is 5.32 Å². The summed E-state index contributed by atoms with van der Waals surface area (Å²) in [6.45, 7) is 1.22. The predicted molar refractivity (Wildman–Crippen MR) is 171 cm³/mol. The van der Waals surface area contributed by atoms with Gasteiger partial charge in [-0.05, 0) is 69.6 Å². The fourth-order valence-corrected chi connectivity index (χ4v) is 6.28. The fourth-order valence-electron chi connectivity index (χ4n) is 6.09. The molecule has 3 fully saturated rings. The molecule has 3 aromatic rings. The van der Waals surface area contributed by atoms with Crippen molar-refractivity contribution in [3.8, 4) is 0 Å². The number of nitrogens with two attached hydrogens (primary N) is 1. The van der Waals surface area contributed by atoms with Gasteiger partial charge in [0.2, 0.25) is 5.95 Å². The lowest BCUT2D eigenvalue weighted by Crippen LogP contribution is -2.41. The van der Waals surface area contributed by atoms with Crippen LogP contribution in [0.5, 0.6) is 0 Å². The molecule has 14 heteroatoms. The summed E-state index contributed by atoms with van der Waals surface area (Å²) in [5, 5.41) is 12.2. The summed E-state index contributed by atoms with van der Waals surface area (Å²) in [7, 11) is 0. The molecule has 0 bridgehead atoms. The third-order valence-electron chi connectivity index (χ3n) is 8.32. The second-order valence-electron chi connectivity index (χ2n) is 11.3. The third-order valence-corrected chi connectivity index (χ3v) is 8.56. The molecule has 2 saturated carbocycles. The zero-order chi connectivity index (χ0) is 27.5. The summed E-state index contributed by atoms with van der Waals surface area (Å²) in [4.78, 5) is 32.5. The molecule has 6 rings (SSSR count). The number of amides is 1. The molecule has 1 amide bonds. The van der Waals surface area contributed by atoms with E-state index < -0.39 is 6.09 Å². The van der Waals surface area contributed by atoms with E-state index in [1.54, 1.807) is 29.3 Å². The summed E-state index contributed by atoms with van der Waals surface area (Å²) in [6, 6.07) is 8.21. The van der Waals surface area contributed by atoms with Crippen molar-refractivity contribution in [3.63, 3.8) is 0 Å². The summed E-state index contributed by atoms with van der Waals surface area (Å²) in [6.07, 6.45) is 11.9. The van der Waals surface area contributed by atoms with Crippen molar-refractivity contribution in [1.29, 1.82) is 0 Å². The molecule has 230 valence electrons. The highest BCUT2D eigenvalue weighted by Gasteiger charge is 2.27. The zero-order valence-electron chi connectivity index (χ0n) is 23.5. The highest BCUT2D eigenvalue weighted by atomic mass is 35.5. The number of rotatable bonds is 7. The first-order chi connectivity index (χ1) is 19.5. The Kier molecular flexibility index (Phi) is 11.4. The van der Waals surface area contributed by atoms with Crippen molar-refractivity contribution < 1.29 is 9.63 Å². The second-order valence-corrected chi connectivity index (χ2v) is 11.7. The Morgan fingerprint density at radius 2 is 1.67 bits per heavy atom. The van der Waals surface area contributed by atoms with Gasteiger partial charge in [-0.15, -0.1) is 29.9 Å². The number of piperidine rings is 1. The van der Waals surface area contributed by atoms with Crippen molar-refractivity contribution in [2.75, 3.05) is 29.0 Å². The van der Waals surface area contributed by atoms with Crippen LogP contribution in [0.1, 0.15) is 70.3 Å². The van der Waals surface area contributed by atoms with Crippen LogP contribution in [-0.4, -0.2) is 61.9 Å². The summed E-state index contributed by atoms with van der Waals surface area (Å²) in [5.41, 5.74) is 8.42. The first-order valence-corrected chi connectivity index (χ1v) is 14.9. The van der Waals surface area contributed by atoms with Crippen molar-refractivity contribution >= 4 is 71.1 Å². The second kappa shape index (κ2) is 14.7. The van der Waals surface area contributed by atoms with Gasteiger partial charge in [0, 0.05) is 48.0 Å². The number of nitrogens with zero attached hydrogens (tertiary/aromatic N) is 5. The maximum atomic E-state index is 12.4. The first-order valence-electron chi connectivity index (χ1n) is 14.5. The molecule has 11 nitrogen and oxygen atoms in total. The molecule has 5 N–H and O–H groups in total. The Morgan fingerprint density at radius 3 is 2.38 bits per heavy atom. The number of imidazole rings is 1. The van der Waals surface area contributed by atoms with E-state index >= 15 is 0 Å². The van der Waals surface area contributed by atoms with Gasteiger partial charge in [-0.1, -0.05) is 30.5 Å². The number of hydrogen-bond donors (Lipinski definition) is 4. The quantitative estimate of drug-likeness (QED) is 0.239. The first kappa shape index (κ1) is 32.3. The van der Waals surface area contributed by atoms with Crippen molar-refractivity contribution in [2.24, 2.45) is 5.73 Å². The summed E-state index contributed by atoms with van der Waals surface area (Å²) in [5.74, 6) is 1.41. The van der Waals surface area contributed by atoms with Crippen LogP contribution < -0.4 is 21.7 Å². The molecule has 3 aliphatic rings. The Hall–Kier alpha value is -2.57. The highest BCUT2D eigenvalue weighted by Crippen LogP contribution is 2.34. The maximum Gasteiger partial charge on any atom is 0.430 e. The lowest BCUT2D eigenvalue weighted by molar-refractivity contribution is -0.106. The van der Waals surface area contributed by atoms with Crippen molar-refractivity contribution in [1.82, 2.24) is 24.6 Å². The van der Waals surface area contributed by atoms with Crippen LogP contribution in [-0.2, 0) is 4.84 Å². The van der Waals surface area contributed by atoms with Crippen LogP contribution in [0.25, 0.3) is 11.2 Å². The minimum atomic E-state index is -0.525. The molecule has 0 spiro atoms. The Bertz CT molecular complexity index is 1320. The number of carbonyl (C=O) groups is 1. The van der Waals surface area contributed by atoms with Crippen molar-refractivity contribution in [3.05, 3.63) is 35.6 Å². The van der Waals surface area contributed by atoms with Crippen LogP contribution in [0.4, 0.5) is 22.2 Å². The molecular formula is C28H40Cl3N9O2. The van der Waals surface area contributed by atoms with E-state index in [4.69, 9.17) is 37.1 Å². The van der Waals surface area contributed by atoms with Crippen LogP contribution in [0, 0.1) is 0 Å². The van der Waals surface area contributed by atoms with Gasteiger partial charge < -0.3 is 25.8 Å². The maximum absolute atomic E-state index is 12.4. The standard InChI is InChI=1S/C28H38ClN9O2.2ClH/c29-18-4-3-5-22(16-18)34-28(39)40-37-14-12-21(13-15-37)32-25-24-26(38(17-31-24)23-6-1-2-7-23)36-27(35-25)33-20-10-8-19(30)9-11-20;;/h3-5,16-17,19-21,23H,1-2,6-15,30H2,(H,34,39)(H2,32,33,35,36);2*1H/t19-,20-;;. The number of nitrogens with one attached hydrogen (secondary N) is 3. The Balaban J connectivity index is 0.00000202. The molecule has 1 aromatic carbocycles. The predicted octanol–water partition coefficient (Wildman–Crippen LogP) is 6.16. The van der Waals surface area contributed by atoms with Crippen LogP contribution in [0.2, 0.25) is 5.02 Å². The van der Waals surface area contributed by atoms with E-state index in [-0.39, 0.29) is 30.9 Å². The van der Waals surface area contributed by atoms with E-state index in [1.165, 1.54) is 12.8 Å². The van der Waals surface area contributed by atoms with Gasteiger partial charge in [-0.25, -0.2) is 9.78 Å². The molecule has 42 heavy (non-hydrogen) atoms. The largest absolute Gasteiger partial charge is 0.430 e. The average Bonchev–Trinajstić information content (AvgIpc) is 3.61. The number of halogens is 3. The minimum absolute atomic E-state index is 0. The molecule has 1 saturated heterocycles. The van der Waals surface area contributed by atoms with Gasteiger partial charge in [0.1, 0.15) is 0 Å². The fraction of sp³-hybridized carbons (Fsp3) is 0.571. The van der Waals surface area contributed by atoms with Gasteiger partial charge in [0.05, 0.1) is 6.33 Å². The van der Waals surface area contributed by atoms with E-state index in [2.05, 4.69) is 20.5 Å². The monoisotopic (exact) mass is 639 g/mol. The SMILES string of the molecule is Cl.Cl.N[C@H]1CC[C@H](Nc2nc(NC3CCN(OC(=O)Nc4cccc(Cl)c4)CC3)c3ncn(C4CCCC4)c3n2)CC1. The molecule has 2 aromatic heterocycles. The lowest BCUT2D eigenvalue weighted by atomic mass is 9.92. The molecular weight excluding hydrogens is 601 g/mol. The molecule has 0 unspecified atom stereocenters. The molecule has 0 atom stereocenters. The summed E-state index contributed by atoms with van der Waals surface area (Å²) >= 11 is 6.00. The van der Waals surface area contributed by atoms with E-state index in [0.29, 0.717) is 47.9 Å². The van der Waals surface area contributed by atoms with Gasteiger partial charge in [0.25, 0.3) is 0 Å². The van der Waals surface area contributed by atoms with Gasteiger partial charge >= 0.3 is 6.09 Å². The van der Waals surface area contributed by atoms with Gasteiger partial charge in [0.15, 0.2) is 17.0 Å². The number of aromatic nitrogens is 4. The molecule has 1 aliphatic heterocycles. The number of anilines is 3. The van der Waals surface area contributed by atoms with Crippen molar-refractivity contribution in [2.45, 2.75) is 88.4 Å². The average molecular weight is 641 g/mol. The number of hydroxylamine groups is 2. The number of fused-ring (bicyclic) bond motifs is 1. The van der Waals surface area contributed by atoms with Crippen LogP contribution >= 0.6 is 36.4 Å². The molecule has 0 radical (unpaired) electrons. The third kappa shape index (κ3) is 7.87. The molecule has 3 heterocycles. The summed E-state index contributed by atoms with van der Waals surface area (Å²) < 4.78 is 2.24. The van der Waals surface area contributed by atoms with E-state index in [1.807, 2.05) is 6.33 Å². The lowest BCUT2D eigenvalue weighted by Gasteiger charge is -2.31. The minimum Gasteiger partial charge on any atom is -0.365 e. The van der Waals surface area contributed by atoms with Gasteiger partial charge in [-0.2, -0.15) is 9.97 Å². The topological polar surface area (TPSA) is 135 Å². The normalized spacial score (nSPS) is 21.8. The highest BCUT2D eigenvalue weighted by molar-refractivity contribution is 6.30. The Morgan fingerprint density at radius 1 is 0.952 bits per heavy atom. The van der Waals surface area contributed by atoms with E-state index in [9.17, 15) is 4.79 Å². The van der Waals surface area contributed by atoms with E-state index in [0.717, 1.165) is 68.3 Å². The zero-order valence-corrected chi connectivity index (χ0v) is 25.9. The number of carbonyl (C=O) groups excluding carboxylic acids is 1. The van der Waals surface area contributed by atoms with Crippen LogP contribution in [0.3, 0.4) is 0 Å². The number of hydrogen-bond acceptors (Lipinski definition) is 9. The number of benzene rings is 1. The Labute approximate surface area is 263 Å².